The Morgan fingerprint density at radius 2 is 2.19 bits per heavy atom. The van der Waals surface area contributed by atoms with E-state index >= 15 is 0 Å². The van der Waals surface area contributed by atoms with Gasteiger partial charge >= 0.3 is 0 Å². The van der Waals surface area contributed by atoms with Crippen LogP contribution in [0.15, 0.2) is 16.9 Å². The minimum absolute atomic E-state index is 0.159. The normalized spacial score (nSPS) is 18.2. The van der Waals surface area contributed by atoms with Crippen molar-refractivity contribution in [3.63, 3.8) is 0 Å². The monoisotopic (exact) mass is 292 g/mol. The summed E-state index contributed by atoms with van der Waals surface area (Å²) in [5, 5.41) is 0. The number of ether oxygens (including phenoxy) is 1. The summed E-state index contributed by atoms with van der Waals surface area (Å²) >= 11 is 0. The van der Waals surface area contributed by atoms with Gasteiger partial charge in [-0.3, -0.25) is 9.59 Å². The first kappa shape index (κ1) is 15.8. The van der Waals surface area contributed by atoms with E-state index < -0.39 is 0 Å². The van der Waals surface area contributed by atoms with Gasteiger partial charge in [0.1, 0.15) is 5.56 Å². The third-order valence-corrected chi connectivity index (χ3v) is 4.06. The molecule has 0 radical (unpaired) electrons. The van der Waals surface area contributed by atoms with E-state index in [4.69, 9.17) is 4.74 Å². The second-order valence-corrected chi connectivity index (χ2v) is 5.73. The summed E-state index contributed by atoms with van der Waals surface area (Å²) in [4.78, 5) is 26.4. The van der Waals surface area contributed by atoms with Gasteiger partial charge in [-0.2, -0.15) is 0 Å². The molecule has 116 valence electrons. The average Bonchev–Trinajstić information content (AvgIpc) is 2.93. The van der Waals surface area contributed by atoms with Gasteiger partial charge in [0, 0.05) is 38.4 Å². The fourth-order valence-electron chi connectivity index (χ4n) is 2.61. The van der Waals surface area contributed by atoms with Crippen LogP contribution in [0.4, 0.5) is 0 Å². The zero-order valence-electron chi connectivity index (χ0n) is 13.1. The lowest BCUT2D eigenvalue weighted by Gasteiger charge is -2.17. The number of amides is 1. The van der Waals surface area contributed by atoms with Crippen LogP contribution >= 0.6 is 0 Å². The van der Waals surface area contributed by atoms with Crippen LogP contribution in [-0.2, 0) is 11.8 Å². The van der Waals surface area contributed by atoms with Crippen molar-refractivity contribution < 1.29 is 9.53 Å². The van der Waals surface area contributed by atoms with Gasteiger partial charge in [0.05, 0.1) is 6.61 Å². The summed E-state index contributed by atoms with van der Waals surface area (Å²) in [6, 6.07) is 3.45. The quantitative estimate of drug-likeness (QED) is 0.774. The Hall–Kier alpha value is -1.62. The van der Waals surface area contributed by atoms with Crippen LogP contribution in [0.3, 0.4) is 0 Å². The third-order valence-electron chi connectivity index (χ3n) is 4.06. The summed E-state index contributed by atoms with van der Waals surface area (Å²) in [7, 11) is 1.69. The summed E-state index contributed by atoms with van der Waals surface area (Å²) in [5.74, 6) is 0.225. The van der Waals surface area contributed by atoms with Crippen molar-refractivity contribution in [2.75, 3.05) is 26.3 Å². The lowest BCUT2D eigenvalue weighted by molar-refractivity contribution is 0.0752. The highest BCUT2D eigenvalue weighted by atomic mass is 16.5. The number of pyridine rings is 1. The molecule has 0 N–H and O–H groups in total. The van der Waals surface area contributed by atoms with Crippen molar-refractivity contribution in [1.82, 2.24) is 9.47 Å². The van der Waals surface area contributed by atoms with Crippen molar-refractivity contribution in [3.8, 4) is 0 Å². The van der Waals surface area contributed by atoms with Crippen molar-refractivity contribution in [3.05, 3.63) is 33.7 Å². The van der Waals surface area contributed by atoms with Gasteiger partial charge in [0.15, 0.2) is 0 Å². The third kappa shape index (κ3) is 3.53. The predicted octanol–water partition coefficient (Wildman–Crippen LogP) is 1.58. The van der Waals surface area contributed by atoms with Crippen LogP contribution in [0, 0.1) is 12.8 Å². The van der Waals surface area contributed by atoms with Crippen molar-refractivity contribution in [2.24, 2.45) is 13.0 Å². The van der Waals surface area contributed by atoms with Crippen molar-refractivity contribution in [2.45, 2.75) is 26.7 Å². The minimum atomic E-state index is -0.217. The maximum absolute atomic E-state index is 12.5. The molecule has 1 aromatic rings. The number of aromatic nitrogens is 1. The molecular weight excluding hydrogens is 268 g/mol. The van der Waals surface area contributed by atoms with Gasteiger partial charge in [-0.05, 0) is 31.9 Å². The molecule has 21 heavy (non-hydrogen) atoms. The Kier molecular flexibility index (Phi) is 5.17. The summed E-state index contributed by atoms with van der Waals surface area (Å²) < 4.78 is 7.07. The van der Waals surface area contributed by atoms with Crippen LogP contribution in [0.1, 0.15) is 35.8 Å². The molecule has 5 nitrogen and oxygen atoms in total. The molecule has 0 aliphatic carbocycles. The molecule has 1 aliphatic heterocycles. The molecule has 1 atom stereocenters. The molecule has 0 spiro atoms. The van der Waals surface area contributed by atoms with E-state index in [1.807, 2.05) is 13.0 Å². The summed E-state index contributed by atoms with van der Waals surface area (Å²) in [6.07, 6.45) is 1.95. The Balaban J connectivity index is 2.02. The van der Waals surface area contributed by atoms with Crippen molar-refractivity contribution in [1.29, 1.82) is 0 Å². The molecule has 1 saturated heterocycles. The van der Waals surface area contributed by atoms with E-state index in [9.17, 15) is 9.59 Å². The maximum Gasteiger partial charge on any atom is 0.263 e. The lowest BCUT2D eigenvalue weighted by atomic mass is 10.1. The van der Waals surface area contributed by atoms with E-state index in [1.54, 1.807) is 18.0 Å². The highest BCUT2D eigenvalue weighted by Gasteiger charge is 2.28. The SMILES string of the molecule is CCCOC[C@@H]1CCN(C(=O)c2ccc(C)n(C)c2=O)C1. The molecule has 2 heterocycles. The molecule has 0 aromatic carbocycles. The number of hydrogen-bond donors (Lipinski definition) is 0. The van der Waals surface area contributed by atoms with Gasteiger partial charge in [-0.25, -0.2) is 0 Å². The van der Waals surface area contributed by atoms with Crippen LogP contribution in [0.2, 0.25) is 0 Å². The molecular formula is C16H24N2O3. The Morgan fingerprint density at radius 1 is 1.43 bits per heavy atom. The first-order chi connectivity index (χ1) is 10.0. The van der Waals surface area contributed by atoms with E-state index in [1.165, 1.54) is 4.57 Å². The molecule has 1 fully saturated rings. The Morgan fingerprint density at radius 3 is 2.90 bits per heavy atom. The average molecular weight is 292 g/mol. The smallest absolute Gasteiger partial charge is 0.263 e. The second kappa shape index (κ2) is 6.89. The van der Waals surface area contributed by atoms with Gasteiger partial charge in [0.25, 0.3) is 11.5 Å². The van der Waals surface area contributed by atoms with E-state index in [0.29, 0.717) is 25.6 Å². The largest absolute Gasteiger partial charge is 0.381 e. The number of rotatable bonds is 5. The van der Waals surface area contributed by atoms with E-state index in [2.05, 4.69) is 6.92 Å². The first-order valence-electron chi connectivity index (χ1n) is 7.58. The van der Waals surface area contributed by atoms with Crippen LogP contribution in [-0.4, -0.2) is 41.7 Å². The number of hydrogen-bond acceptors (Lipinski definition) is 3. The van der Waals surface area contributed by atoms with Gasteiger partial charge in [-0.1, -0.05) is 6.92 Å². The molecule has 1 amide bonds. The number of carbonyl (C=O) groups excluding carboxylic acids is 1. The number of nitrogens with zero attached hydrogens (tertiary/aromatic N) is 2. The fraction of sp³-hybridized carbons (Fsp3) is 0.625. The Bertz CT molecular complexity index is 565. The zero-order valence-corrected chi connectivity index (χ0v) is 13.1. The molecule has 0 saturated carbocycles. The summed E-state index contributed by atoms with van der Waals surface area (Å²) in [6.45, 7) is 6.78. The van der Waals surface area contributed by atoms with Gasteiger partial charge in [-0.15, -0.1) is 0 Å². The maximum atomic E-state index is 12.5. The van der Waals surface area contributed by atoms with Crippen molar-refractivity contribution >= 4 is 5.91 Å². The number of likely N-dealkylation sites (tertiary alicyclic amines) is 1. The standard InChI is InChI=1S/C16H24N2O3/c1-4-9-21-11-13-7-8-18(10-13)16(20)14-6-5-12(2)17(3)15(14)19/h5-6,13H,4,7-11H2,1-3H3/t13-/m1/s1. The highest BCUT2D eigenvalue weighted by molar-refractivity contribution is 5.94. The highest BCUT2D eigenvalue weighted by Crippen LogP contribution is 2.18. The van der Waals surface area contributed by atoms with Gasteiger partial charge in [0.2, 0.25) is 0 Å². The fourth-order valence-corrected chi connectivity index (χ4v) is 2.61. The zero-order chi connectivity index (χ0) is 15.4. The number of carbonyl (C=O) groups is 1. The molecule has 5 heteroatoms. The lowest BCUT2D eigenvalue weighted by Crippen LogP contribution is -2.35. The molecule has 1 aliphatic rings. The van der Waals surface area contributed by atoms with E-state index in [-0.39, 0.29) is 17.0 Å². The molecule has 2 rings (SSSR count). The number of aryl methyl sites for hydroxylation is 1. The molecule has 0 unspecified atom stereocenters. The molecule has 1 aromatic heterocycles. The van der Waals surface area contributed by atoms with Crippen LogP contribution < -0.4 is 5.56 Å². The first-order valence-corrected chi connectivity index (χ1v) is 7.58. The minimum Gasteiger partial charge on any atom is -0.381 e. The topological polar surface area (TPSA) is 51.5 Å². The predicted molar refractivity (Wildman–Crippen MR) is 81.5 cm³/mol. The van der Waals surface area contributed by atoms with Crippen LogP contribution in [0.5, 0.6) is 0 Å². The summed E-state index contributed by atoms with van der Waals surface area (Å²) in [5.41, 5.74) is 0.896. The molecule has 0 bridgehead atoms. The second-order valence-electron chi connectivity index (χ2n) is 5.73. The Labute approximate surface area is 125 Å². The van der Waals surface area contributed by atoms with Crippen LogP contribution in [0.25, 0.3) is 0 Å². The van der Waals surface area contributed by atoms with E-state index in [0.717, 1.165) is 25.1 Å². The van der Waals surface area contributed by atoms with Gasteiger partial charge < -0.3 is 14.2 Å².